The maximum Gasteiger partial charge on any atom is 0.573 e. The van der Waals surface area contributed by atoms with Crippen LogP contribution in [-0.2, 0) is 4.74 Å². The summed E-state index contributed by atoms with van der Waals surface area (Å²) in [5, 5.41) is 9.74. The summed E-state index contributed by atoms with van der Waals surface area (Å²) in [4.78, 5) is 11.6. The fourth-order valence-corrected chi connectivity index (χ4v) is 1.59. The van der Waals surface area contributed by atoms with E-state index in [9.17, 15) is 18.0 Å². The lowest BCUT2D eigenvalue weighted by atomic mass is 10.1. The van der Waals surface area contributed by atoms with Gasteiger partial charge in [0, 0.05) is 5.56 Å². The molecule has 0 aliphatic heterocycles. The van der Waals surface area contributed by atoms with E-state index in [1.807, 2.05) is 0 Å². The number of ether oxygens (including phenoxy) is 2. The monoisotopic (exact) mass is 301 g/mol. The Balaban J connectivity index is 2.24. The summed E-state index contributed by atoms with van der Waals surface area (Å²) in [6, 6.07) is 4.90. The van der Waals surface area contributed by atoms with Gasteiger partial charge in [-0.1, -0.05) is 0 Å². The maximum atomic E-state index is 12.1. The van der Waals surface area contributed by atoms with Gasteiger partial charge < -0.3 is 9.47 Å². The first-order valence-electron chi connectivity index (χ1n) is 5.85. The Kier molecular flexibility index (Phi) is 4.10. The molecule has 0 fully saturated rings. The molecule has 0 bridgehead atoms. The van der Waals surface area contributed by atoms with Crippen LogP contribution in [-0.4, -0.2) is 34.3 Å². The fourth-order valence-electron chi connectivity index (χ4n) is 1.59. The summed E-state index contributed by atoms with van der Waals surface area (Å²) in [6.45, 7) is 1.81. The quantitative estimate of drug-likeness (QED) is 0.878. The second-order valence-corrected chi connectivity index (χ2v) is 3.81. The molecular formula is C12H10F3N3O3. The van der Waals surface area contributed by atoms with Crippen LogP contribution >= 0.6 is 0 Å². The van der Waals surface area contributed by atoms with Crippen LogP contribution in [0.3, 0.4) is 0 Å². The van der Waals surface area contributed by atoms with E-state index in [4.69, 9.17) is 4.74 Å². The third-order valence-electron chi connectivity index (χ3n) is 2.38. The molecule has 112 valence electrons. The third-order valence-corrected chi connectivity index (χ3v) is 2.38. The van der Waals surface area contributed by atoms with Gasteiger partial charge in [-0.05, 0) is 31.2 Å². The number of esters is 1. The number of carbonyl (C=O) groups excluding carboxylic acids is 1. The number of hydrogen-bond acceptors (Lipinski definition) is 5. The van der Waals surface area contributed by atoms with Crippen molar-refractivity contribution in [3.05, 3.63) is 30.0 Å². The number of nitrogens with one attached hydrogen (secondary N) is 1. The van der Waals surface area contributed by atoms with Crippen LogP contribution in [0.1, 0.15) is 17.4 Å². The molecule has 21 heavy (non-hydrogen) atoms. The first-order chi connectivity index (χ1) is 9.90. The smallest absolute Gasteiger partial charge is 0.461 e. The van der Waals surface area contributed by atoms with E-state index < -0.39 is 12.3 Å². The Morgan fingerprint density at radius 1 is 1.24 bits per heavy atom. The average molecular weight is 301 g/mol. The molecule has 1 aromatic heterocycles. The average Bonchev–Trinajstić information content (AvgIpc) is 2.87. The van der Waals surface area contributed by atoms with Crippen LogP contribution in [0.25, 0.3) is 11.3 Å². The number of benzene rings is 1. The number of rotatable bonds is 4. The molecule has 0 radical (unpaired) electrons. The van der Waals surface area contributed by atoms with Crippen LogP contribution in [0.15, 0.2) is 24.3 Å². The van der Waals surface area contributed by atoms with E-state index in [-0.39, 0.29) is 23.7 Å². The van der Waals surface area contributed by atoms with Crippen molar-refractivity contribution in [2.24, 2.45) is 0 Å². The van der Waals surface area contributed by atoms with Crippen molar-refractivity contribution >= 4 is 5.97 Å². The van der Waals surface area contributed by atoms with Gasteiger partial charge in [-0.2, -0.15) is 10.3 Å². The minimum Gasteiger partial charge on any atom is -0.461 e. The topological polar surface area (TPSA) is 77.1 Å². The maximum absolute atomic E-state index is 12.1. The van der Waals surface area contributed by atoms with Crippen molar-refractivity contribution in [1.82, 2.24) is 15.4 Å². The number of aromatic amines is 1. The Labute approximate surface area is 116 Å². The number of H-pyrrole nitrogens is 1. The Hall–Kier alpha value is -2.58. The third kappa shape index (κ3) is 3.71. The SMILES string of the molecule is CCOC(=O)c1n[nH]nc1-c1ccc(OC(F)(F)F)cc1. The molecule has 2 aromatic rings. The Morgan fingerprint density at radius 2 is 1.90 bits per heavy atom. The molecule has 0 aliphatic rings. The number of nitrogens with zero attached hydrogens (tertiary/aromatic N) is 2. The molecule has 1 aromatic carbocycles. The summed E-state index contributed by atoms with van der Waals surface area (Å²) < 4.78 is 44.7. The molecule has 0 saturated heterocycles. The van der Waals surface area contributed by atoms with E-state index in [0.29, 0.717) is 5.56 Å². The van der Waals surface area contributed by atoms with E-state index in [0.717, 1.165) is 12.1 Å². The molecule has 0 spiro atoms. The molecule has 1 heterocycles. The van der Waals surface area contributed by atoms with Gasteiger partial charge in [0.05, 0.1) is 6.61 Å². The van der Waals surface area contributed by atoms with Crippen molar-refractivity contribution in [2.45, 2.75) is 13.3 Å². The van der Waals surface area contributed by atoms with Gasteiger partial charge in [-0.15, -0.1) is 18.3 Å². The highest BCUT2D eigenvalue weighted by molar-refractivity contribution is 5.93. The standard InChI is InChI=1S/C12H10F3N3O3/c1-2-20-11(19)10-9(16-18-17-10)7-3-5-8(6-4-7)21-12(13,14)15/h3-6H,2H2,1H3,(H,16,17,18). The van der Waals surface area contributed by atoms with E-state index in [2.05, 4.69) is 20.1 Å². The van der Waals surface area contributed by atoms with Gasteiger partial charge in [-0.3, -0.25) is 0 Å². The first-order valence-corrected chi connectivity index (χ1v) is 5.85. The van der Waals surface area contributed by atoms with Gasteiger partial charge in [-0.25, -0.2) is 4.79 Å². The molecule has 2 rings (SSSR count). The second-order valence-electron chi connectivity index (χ2n) is 3.81. The van der Waals surface area contributed by atoms with Crippen LogP contribution in [0.2, 0.25) is 0 Å². The molecule has 0 unspecified atom stereocenters. The zero-order valence-electron chi connectivity index (χ0n) is 10.8. The summed E-state index contributed by atoms with van der Waals surface area (Å²) in [5.41, 5.74) is 0.551. The van der Waals surface area contributed by atoms with Crippen molar-refractivity contribution in [2.75, 3.05) is 6.61 Å². The Bertz CT molecular complexity index is 623. The Morgan fingerprint density at radius 3 is 2.48 bits per heavy atom. The highest BCUT2D eigenvalue weighted by Gasteiger charge is 2.31. The molecule has 0 amide bonds. The van der Waals surface area contributed by atoms with Crippen molar-refractivity contribution in [3.8, 4) is 17.0 Å². The predicted octanol–water partition coefficient (Wildman–Crippen LogP) is 2.55. The van der Waals surface area contributed by atoms with Gasteiger partial charge in [0.25, 0.3) is 0 Å². The lowest BCUT2D eigenvalue weighted by Crippen LogP contribution is -2.16. The molecule has 0 atom stereocenters. The minimum absolute atomic E-state index is 0.0404. The van der Waals surface area contributed by atoms with E-state index >= 15 is 0 Å². The van der Waals surface area contributed by atoms with Gasteiger partial charge >= 0.3 is 12.3 Å². The van der Waals surface area contributed by atoms with Gasteiger partial charge in [0.15, 0.2) is 5.69 Å². The largest absolute Gasteiger partial charge is 0.573 e. The van der Waals surface area contributed by atoms with E-state index in [1.54, 1.807) is 6.92 Å². The van der Waals surface area contributed by atoms with Crippen molar-refractivity contribution < 1.29 is 27.4 Å². The predicted molar refractivity (Wildman–Crippen MR) is 64.5 cm³/mol. The van der Waals surface area contributed by atoms with E-state index in [1.165, 1.54) is 12.1 Å². The number of halogens is 3. The van der Waals surface area contributed by atoms with Crippen LogP contribution in [0, 0.1) is 0 Å². The summed E-state index contributed by atoms with van der Waals surface area (Å²) in [5.74, 6) is -1.04. The zero-order valence-corrected chi connectivity index (χ0v) is 10.8. The van der Waals surface area contributed by atoms with Gasteiger partial charge in [0.1, 0.15) is 11.4 Å². The number of hydrogen-bond donors (Lipinski definition) is 1. The molecule has 0 saturated carbocycles. The number of aromatic nitrogens is 3. The highest BCUT2D eigenvalue weighted by Crippen LogP contribution is 2.26. The van der Waals surface area contributed by atoms with Crippen LogP contribution in [0.4, 0.5) is 13.2 Å². The van der Waals surface area contributed by atoms with Gasteiger partial charge in [0.2, 0.25) is 0 Å². The number of carbonyl (C=O) groups is 1. The first kappa shape index (κ1) is 14.8. The normalized spacial score (nSPS) is 11.2. The highest BCUT2D eigenvalue weighted by atomic mass is 19.4. The van der Waals surface area contributed by atoms with Crippen molar-refractivity contribution in [3.63, 3.8) is 0 Å². The molecule has 1 N–H and O–H groups in total. The van der Waals surface area contributed by atoms with Crippen molar-refractivity contribution in [1.29, 1.82) is 0 Å². The van der Waals surface area contributed by atoms with Crippen LogP contribution in [0.5, 0.6) is 5.75 Å². The number of alkyl halides is 3. The molecular weight excluding hydrogens is 291 g/mol. The lowest BCUT2D eigenvalue weighted by molar-refractivity contribution is -0.274. The summed E-state index contributed by atoms with van der Waals surface area (Å²) >= 11 is 0. The second kappa shape index (κ2) is 5.81. The summed E-state index contributed by atoms with van der Waals surface area (Å²) in [6.07, 6.45) is -4.76. The molecule has 9 heteroatoms. The minimum atomic E-state index is -4.76. The molecule has 0 aliphatic carbocycles. The fraction of sp³-hybridized carbons (Fsp3) is 0.250. The summed E-state index contributed by atoms with van der Waals surface area (Å²) in [7, 11) is 0. The lowest BCUT2D eigenvalue weighted by Gasteiger charge is -2.08. The van der Waals surface area contributed by atoms with Crippen LogP contribution < -0.4 is 4.74 Å². The molecule has 6 nitrogen and oxygen atoms in total. The zero-order chi connectivity index (χ0) is 15.5.